The highest BCUT2D eigenvalue weighted by atomic mass is 32.2. The maximum Gasteiger partial charge on any atom is 0.0630 e. The maximum absolute atomic E-state index is 8.28. The highest BCUT2D eigenvalue weighted by Crippen LogP contribution is 2.09. The molecule has 0 spiro atoms. The summed E-state index contributed by atoms with van der Waals surface area (Å²) in [5.74, 6) is 2.26. The molecule has 0 unspecified atom stereocenters. The smallest absolute Gasteiger partial charge is 0.0630 e. The van der Waals surface area contributed by atoms with E-state index in [9.17, 15) is 0 Å². The summed E-state index contributed by atoms with van der Waals surface area (Å²) in [6, 6.07) is 2.16. The first-order valence-electron chi connectivity index (χ1n) is 4.86. The summed E-state index contributed by atoms with van der Waals surface area (Å²) < 4.78 is 0. The summed E-state index contributed by atoms with van der Waals surface area (Å²) in [6.45, 7) is 2.24. The SMILES string of the molecule is CCCCCCCSCCC#N. The Balaban J connectivity index is 2.78. The Kier molecular flexibility index (Phi) is 10.7. The molecule has 0 aromatic heterocycles. The molecule has 0 N–H and O–H groups in total. The van der Waals surface area contributed by atoms with Gasteiger partial charge in [0.15, 0.2) is 0 Å². The van der Waals surface area contributed by atoms with Crippen molar-refractivity contribution in [3.05, 3.63) is 0 Å². The molecule has 0 radical (unpaired) electrons. The van der Waals surface area contributed by atoms with Gasteiger partial charge in [-0.2, -0.15) is 17.0 Å². The molecule has 0 heterocycles. The Morgan fingerprint density at radius 1 is 1.08 bits per heavy atom. The second kappa shape index (κ2) is 10.8. The van der Waals surface area contributed by atoms with Crippen LogP contribution in [0.3, 0.4) is 0 Å². The summed E-state index contributed by atoms with van der Waals surface area (Å²) in [7, 11) is 0. The van der Waals surface area contributed by atoms with Gasteiger partial charge in [-0.1, -0.05) is 32.6 Å². The summed E-state index contributed by atoms with van der Waals surface area (Å²) in [6.07, 6.45) is 7.49. The lowest BCUT2D eigenvalue weighted by Crippen LogP contribution is -1.83. The summed E-state index contributed by atoms with van der Waals surface area (Å²) in [4.78, 5) is 0. The molecule has 0 aliphatic heterocycles. The average molecular weight is 185 g/mol. The third kappa shape index (κ3) is 9.84. The van der Waals surface area contributed by atoms with Crippen LogP contribution in [0.4, 0.5) is 0 Å². The minimum absolute atomic E-state index is 0.708. The van der Waals surface area contributed by atoms with Crippen molar-refractivity contribution >= 4 is 11.8 Å². The third-order valence-corrected chi connectivity index (χ3v) is 2.82. The van der Waals surface area contributed by atoms with Gasteiger partial charge in [0, 0.05) is 12.2 Å². The predicted molar refractivity (Wildman–Crippen MR) is 56.3 cm³/mol. The monoisotopic (exact) mass is 185 g/mol. The first-order valence-corrected chi connectivity index (χ1v) is 6.02. The quantitative estimate of drug-likeness (QED) is 0.539. The number of rotatable bonds is 8. The van der Waals surface area contributed by atoms with E-state index < -0.39 is 0 Å². The Morgan fingerprint density at radius 2 is 1.83 bits per heavy atom. The molecule has 0 bridgehead atoms. The Bertz CT molecular complexity index is 117. The predicted octanol–water partition coefficient (Wildman–Crippen LogP) is 3.60. The van der Waals surface area contributed by atoms with Gasteiger partial charge in [0.2, 0.25) is 0 Å². The lowest BCUT2D eigenvalue weighted by Gasteiger charge is -1.98. The standard InChI is InChI=1S/C10H19NS/c1-2-3-4-5-6-9-12-10-7-8-11/h2-7,9-10H2,1H3. The Labute approximate surface area is 80.5 Å². The minimum Gasteiger partial charge on any atom is -0.198 e. The van der Waals surface area contributed by atoms with E-state index in [1.807, 2.05) is 11.8 Å². The zero-order valence-electron chi connectivity index (χ0n) is 8.01. The molecule has 2 heteroatoms. The summed E-state index contributed by atoms with van der Waals surface area (Å²) in [5.41, 5.74) is 0. The highest BCUT2D eigenvalue weighted by molar-refractivity contribution is 7.99. The Hall–Kier alpha value is -0.160. The van der Waals surface area contributed by atoms with E-state index in [4.69, 9.17) is 5.26 Å². The van der Waals surface area contributed by atoms with E-state index in [2.05, 4.69) is 13.0 Å². The van der Waals surface area contributed by atoms with Gasteiger partial charge >= 0.3 is 0 Å². The summed E-state index contributed by atoms with van der Waals surface area (Å²) in [5, 5.41) is 8.28. The molecule has 0 aromatic rings. The molecule has 0 rings (SSSR count). The normalized spacial score (nSPS) is 9.67. The van der Waals surface area contributed by atoms with Gasteiger partial charge in [-0.3, -0.25) is 0 Å². The lowest BCUT2D eigenvalue weighted by atomic mass is 10.2. The Morgan fingerprint density at radius 3 is 2.50 bits per heavy atom. The van der Waals surface area contributed by atoms with Gasteiger partial charge in [-0.05, 0) is 12.2 Å². The fourth-order valence-electron chi connectivity index (χ4n) is 1.03. The second-order valence-electron chi connectivity index (χ2n) is 2.93. The molecule has 0 saturated carbocycles. The van der Waals surface area contributed by atoms with Crippen molar-refractivity contribution in [2.24, 2.45) is 0 Å². The van der Waals surface area contributed by atoms with Crippen molar-refractivity contribution in [3.8, 4) is 6.07 Å². The maximum atomic E-state index is 8.28. The zero-order valence-corrected chi connectivity index (χ0v) is 8.83. The number of nitriles is 1. The van der Waals surface area contributed by atoms with Gasteiger partial charge in [0.05, 0.1) is 6.07 Å². The molecule has 0 aliphatic carbocycles. The highest BCUT2D eigenvalue weighted by Gasteiger charge is 1.90. The average Bonchev–Trinajstić information content (AvgIpc) is 2.10. The van der Waals surface area contributed by atoms with Gasteiger partial charge in [-0.15, -0.1) is 0 Å². The molecular formula is C10H19NS. The first kappa shape index (κ1) is 11.8. The largest absolute Gasteiger partial charge is 0.198 e. The topological polar surface area (TPSA) is 23.8 Å². The molecule has 0 saturated heterocycles. The number of unbranched alkanes of at least 4 members (excludes halogenated alkanes) is 4. The molecule has 0 aromatic carbocycles. The second-order valence-corrected chi connectivity index (χ2v) is 4.16. The number of nitrogens with zero attached hydrogens (tertiary/aromatic N) is 1. The van der Waals surface area contributed by atoms with Crippen LogP contribution < -0.4 is 0 Å². The van der Waals surface area contributed by atoms with Crippen molar-refractivity contribution < 1.29 is 0 Å². The van der Waals surface area contributed by atoms with Gasteiger partial charge < -0.3 is 0 Å². The molecule has 12 heavy (non-hydrogen) atoms. The van der Waals surface area contributed by atoms with Crippen LogP contribution in [0, 0.1) is 11.3 Å². The minimum atomic E-state index is 0.708. The molecular weight excluding hydrogens is 166 g/mol. The van der Waals surface area contributed by atoms with Crippen molar-refractivity contribution in [1.82, 2.24) is 0 Å². The van der Waals surface area contributed by atoms with E-state index in [1.54, 1.807) is 0 Å². The third-order valence-electron chi connectivity index (χ3n) is 1.75. The summed E-state index contributed by atoms with van der Waals surface area (Å²) >= 11 is 1.91. The number of thioether (sulfide) groups is 1. The van der Waals surface area contributed by atoms with Crippen molar-refractivity contribution in [2.45, 2.75) is 45.4 Å². The molecule has 0 atom stereocenters. The molecule has 0 amide bonds. The van der Waals surface area contributed by atoms with E-state index in [0.29, 0.717) is 6.42 Å². The van der Waals surface area contributed by atoms with Crippen LogP contribution in [-0.2, 0) is 0 Å². The van der Waals surface area contributed by atoms with Crippen LogP contribution in [0.15, 0.2) is 0 Å². The number of hydrogen-bond donors (Lipinski definition) is 0. The van der Waals surface area contributed by atoms with E-state index in [0.717, 1.165) is 5.75 Å². The van der Waals surface area contributed by atoms with Crippen LogP contribution in [0.1, 0.15) is 45.4 Å². The van der Waals surface area contributed by atoms with Gasteiger partial charge in [0.25, 0.3) is 0 Å². The van der Waals surface area contributed by atoms with Gasteiger partial charge in [0.1, 0.15) is 0 Å². The fraction of sp³-hybridized carbons (Fsp3) is 0.900. The van der Waals surface area contributed by atoms with Crippen LogP contribution in [0.25, 0.3) is 0 Å². The van der Waals surface area contributed by atoms with E-state index >= 15 is 0 Å². The van der Waals surface area contributed by atoms with Crippen molar-refractivity contribution in [2.75, 3.05) is 11.5 Å². The molecule has 70 valence electrons. The lowest BCUT2D eigenvalue weighted by molar-refractivity contribution is 0.659. The van der Waals surface area contributed by atoms with Crippen LogP contribution in [0.2, 0.25) is 0 Å². The molecule has 0 aliphatic rings. The fourth-order valence-corrected chi connectivity index (χ4v) is 1.88. The number of hydrogen-bond acceptors (Lipinski definition) is 2. The molecule has 1 nitrogen and oxygen atoms in total. The van der Waals surface area contributed by atoms with E-state index in [1.165, 1.54) is 37.9 Å². The zero-order chi connectivity index (χ0) is 9.07. The van der Waals surface area contributed by atoms with Crippen LogP contribution in [-0.4, -0.2) is 11.5 Å². The van der Waals surface area contributed by atoms with Gasteiger partial charge in [-0.25, -0.2) is 0 Å². The van der Waals surface area contributed by atoms with Crippen LogP contribution >= 0.6 is 11.8 Å². The van der Waals surface area contributed by atoms with Crippen molar-refractivity contribution in [3.63, 3.8) is 0 Å². The van der Waals surface area contributed by atoms with E-state index in [-0.39, 0.29) is 0 Å². The first-order chi connectivity index (χ1) is 5.91. The van der Waals surface area contributed by atoms with Crippen LogP contribution in [0.5, 0.6) is 0 Å². The van der Waals surface area contributed by atoms with Crippen molar-refractivity contribution in [1.29, 1.82) is 5.26 Å². The molecule has 0 fully saturated rings.